The van der Waals surface area contributed by atoms with Crippen LogP contribution in [0.5, 0.6) is 5.88 Å². The molecule has 0 saturated carbocycles. The van der Waals surface area contributed by atoms with Crippen molar-refractivity contribution in [3.8, 4) is 5.88 Å². The summed E-state index contributed by atoms with van der Waals surface area (Å²) in [6.45, 7) is 4.99. The highest BCUT2D eigenvalue weighted by Crippen LogP contribution is 2.10. The van der Waals surface area contributed by atoms with E-state index >= 15 is 0 Å². The highest BCUT2D eigenvalue weighted by Gasteiger charge is 1.96. The molecule has 0 radical (unpaired) electrons. The van der Waals surface area contributed by atoms with E-state index in [1.807, 2.05) is 5.38 Å². The van der Waals surface area contributed by atoms with Crippen LogP contribution in [0.3, 0.4) is 0 Å². The van der Waals surface area contributed by atoms with E-state index in [0.29, 0.717) is 5.92 Å². The number of aromatic nitrogens is 1. The Morgan fingerprint density at radius 1 is 1.70 bits per heavy atom. The molecule has 0 spiro atoms. The summed E-state index contributed by atoms with van der Waals surface area (Å²) in [4.78, 5) is 3.98. The van der Waals surface area contributed by atoms with Gasteiger partial charge in [-0.25, -0.2) is 4.98 Å². The Morgan fingerprint density at radius 2 is 2.50 bits per heavy atom. The highest BCUT2D eigenvalue weighted by molar-refractivity contribution is 7.07. The largest absolute Gasteiger partial charge is 0.477 e. The Hall–Kier alpha value is -0.570. The molecule has 0 aliphatic heterocycles. The Bertz CT molecular complexity index is 172. The lowest BCUT2D eigenvalue weighted by Gasteiger charge is -2.03. The first kappa shape index (κ1) is 7.54. The monoisotopic (exact) mass is 157 g/mol. The third-order valence-corrected chi connectivity index (χ3v) is 1.54. The van der Waals surface area contributed by atoms with E-state index in [0.717, 1.165) is 12.5 Å². The maximum Gasteiger partial charge on any atom is 0.224 e. The van der Waals surface area contributed by atoms with Crippen molar-refractivity contribution in [1.82, 2.24) is 4.98 Å². The van der Waals surface area contributed by atoms with Crippen molar-refractivity contribution in [3.05, 3.63) is 10.9 Å². The molecule has 0 aliphatic carbocycles. The minimum atomic E-state index is 0.571. The zero-order valence-electron chi connectivity index (χ0n) is 6.20. The van der Waals surface area contributed by atoms with Crippen LogP contribution in [0.4, 0.5) is 0 Å². The number of hydrogen-bond donors (Lipinski definition) is 0. The van der Waals surface area contributed by atoms with E-state index in [-0.39, 0.29) is 0 Å². The zero-order chi connectivity index (χ0) is 7.40. The standard InChI is InChI=1S/C7H11NOS/c1-6(2)3-9-7-4-10-5-8-7/h4-6H,3H2,1-2H3. The van der Waals surface area contributed by atoms with Gasteiger partial charge in [-0.05, 0) is 5.92 Å². The minimum Gasteiger partial charge on any atom is -0.477 e. The van der Waals surface area contributed by atoms with Crippen LogP contribution in [-0.2, 0) is 0 Å². The quantitative estimate of drug-likeness (QED) is 0.671. The molecule has 3 heteroatoms. The van der Waals surface area contributed by atoms with Crippen LogP contribution in [-0.4, -0.2) is 11.6 Å². The first-order valence-corrected chi connectivity index (χ1v) is 4.24. The van der Waals surface area contributed by atoms with Crippen molar-refractivity contribution >= 4 is 11.3 Å². The molecular weight excluding hydrogens is 146 g/mol. The molecule has 1 aromatic rings. The molecule has 2 nitrogen and oxygen atoms in total. The van der Waals surface area contributed by atoms with Gasteiger partial charge in [0.25, 0.3) is 0 Å². The summed E-state index contributed by atoms with van der Waals surface area (Å²) >= 11 is 1.56. The number of nitrogens with zero attached hydrogens (tertiary/aromatic N) is 1. The Labute approximate surface area is 64.9 Å². The van der Waals surface area contributed by atoms with Crippen molar-refractivity contribution < 1.29 is 4.74 Å². The van der Waals surface area contributed by atoms with E-state index in [1.54, 1.807) is 16.8 Å². The summed E-state index contributed by atoms with van der Waals surface area (Å²) in [6, 6.07) is 0. The van der Waals surface area contributed by atoms with E-state index in [4.69, 9.17) is 4.74 Å². The van der Waals surface area contributed by atoms with Crippen molar-refractivity contribution in [2.24, 2.45) is 5.92 Å². The summed E-state index contributed by atoms with van der Waals surface area (Å²) in [5.41, 5.74) is 1.77. The van der Waals surface area contributed by atoms with Crippen LogP contribution in [0.2, 0.25) is 0 Å². The van der Waals surface area contributed by atoms with Crippen LogP contribution < -0.4 is 4.74 Å². The first-order chi connectivity index (χ1) is 4.79. The molecule has 0 amide bonds. The smallest absolute Gasteiger partial charge is 0.224 e. The van der Waals surface area contributed by atoms with Gasteiger partial charge in [-0.3, -0.25) is 0 Å². The lowest BCUT2D eigenvalue weighted by molar-refractivity contribution is 0.263. The summed E-state index contributed by atoms with van der Waals surface area (Å²) in [7, 11) is 0. The lowest BCUT2D eigenvalue weighted by Crippen LogP contribution is -2.04. The Kier molecular flexibility index (Phi) is 2.68. The molecule has 0 fully saturated rings. The second kappa shape index (κ2) is 3.56. The molecule has 56 valence electrons. The molecule has 1 aromatic heterocycles. The zero-order valence-corrected chi connectivity index (χ0v) is 7.02. The van der Waals surface area contributed by atoms with E-state index < -0.39 is 0 Å². The summed E-state index contributed by atoms with van der Waals surface area (Å²) < 4.78 is 5.31. The van der Waals surface area contributed by atoms with Crippen molar-refractivity contribution in [1.29, 1.82) is 0 Å². The van der Waals surface area contributed by atoms with Gasteiger partial charge in [-0.2, -0.15) is 0 Å². The molecule has 10 heavy (non-hydrogen) atoms. The molecule has 0 unspecified atom stereocenters. The molecule has 1 heterocycles. The molecular formula is C7H11NOS. The number of hydrogen-bond acceptors (Lipinski definition) is 3. The predicted molar refractivity (Wildman–Crippen MR) is 42.4 cm³/mol. The molecule has 0 N–H and O–H groups in total. The molecule has 0 bridgehead atoms. The molecule has 0 atom stereocenters. The van der Waals surface area contributed by atoms with Gasteiger partial charge in [-0.15, -0.1) is 11.3 Å². The van der Waals surface area contributed by atoms with Gasteiger partial charge in [0.2, 0.25) is 5.88 Å². The fourth-order valence-corrected chi connectivity index (χ4v) is 0.996. The summed E-state index contributed by atoms with van der Waals surface area (Å²) in [6.07, 6.45) is 0. The van der Waals surface area contributed by atoms with Gasteiger partial charge in [0, 0.05) is 0 Å². The summed E-state index contributed by atoms with van der Waals surface area (Å²) in [5, 5.41) is 1.91. The van der Waals surface area contributed by atoms with Crippen LogP contribution in [0.15, 0.2) is 10.9 Å². The normalized spacial score (nSPS) is 10.3. The summed E-state index contributed by atoms with van der Waals surface area (Å²) in [5.74, 6) is 1.32. The van der Waals surface area contributed by atoms with Crippen molar-refractivity contribution in [2.45, 2.75) is 13.8 Å². The van der Waals surface area contributed by atoms with Gasteiger partial charge in [0.1, 0.15) is 0 Å². The maximum atomic E-state index is 5.31. The van der Waals surface area contributed by atoms with Crippen LogP contribution in [0.25, 0.3) is 0 Å². The SMILES string of the molecule is CC(C)COc1cscn1. The van der Waals surface area contributed by atoms with Crippen molar-refractivity contribution in [3.63, 3.8) is 0 Å². The Balaban J connectivity index is 2.28. The topological polar surface area (TPSA) is 22.1 Å². The fourth-order valence-electron chi connectivity index (χ4n) is 0.525. The number of ether oxygens (including phenoxy) is 1. The number of thiazole rings is 1. The first-order valence-electron chi connectivity index (χ1n) is 3.30. The molecule has 1 rings (SSSR count). The predicted octanol–water partition coefficient (Wildman–Crippen LogP) is 2.18. The average molecular weight is 157 g/mol. The van der Waals surface area contributed by atoms with Crippen molar-refractivity contribution in [2.75, 3.05) is 6.61 Å². The number of rotatable bonds is 3. The Morgan fingerprint density at radius 3 is 3.00 bits per heavy atom. The third-order valence-electron chi connectivity index (χ3n) is 0.974. The molecule has 0 saturated heterocycles. The highest BCUT2D eigenvalue weighted by atomic mass is 32.1. The van der Waals surface area contributed by atoms with Crippen LogP contribution >= 0.6 is 11.3 Å². The molecule has 0 aliphatic rings. The fraction of sp³-hybridized carbons (Fsp3) is 0.571. The van der Waals surface area contributed by atoms with E-state index in [2.05, 4.69) is 18.8 Å². The third kappa shape index (κ3) is 2.35. The van der Waals surface area contributed by atoms with Gasteiger partial charge in [0.05, 0.1) is 17.5 Å². The van der Waals surface area contributed by atoms with E-state index in [1.165, 1.54) is 0 Å². The van der Waals surface area contributed by atoms with Gasteiger partial charge in [-0.1, -0.05) is 13.8 Å². The van der Waals surface area contributed by atoms with Gasteiger partial charge >= 0.3 is 0 Å². The lowest BCUT2D eigenvalue weighted by atomic mass is 10.2. The van der Waals surface area contributed by atoms with Gasteiger partial charge in [0.15, 0.2) is 0 Å². The second-order valence-corrected chi connectivity index (χ2v) is 3.25. The second-order valence-electron chi connectivity index (χ2n) is 2.53. The average Bonchev–Trinajstić information content (AvgIpc) is 2.34. The maximum absolute atomic E-state index is 5.31. The molecule has 0 aromatic carbocycles. The minimum absolute atomic E-state index is 0.571. The van der Waals surface area contributed by atoms with Crippen LogP contribution in [0, 0.1) is 5.92 Å². The van der Waals surface area contributed by atoms with E-state index in [9.17, 15) is 0 Å². The van der Waals surface area contributed by atoms with Gasteiger partial charge < -0.3 is 4.74 Å². The van der Waals surface area contributed by atoms with Crippen LogP contribution in [0.1, 0.15) is 13.8 Å².